The van der Waals surface area contributed by atoms with Crippen LogP contribution in [-0.4, -0.2) is 10.2 Å². The number of hydrogen-bond acceptors (Lipinski definition) is 1. The van der Waals surface area contributed by atoms with E-state index in [2.05, 4.69) is 10.2 Å². The first kappa shape index (κ1) is 13.5. The third-order valence-electron chi connectivity index (χ3n) is 3.31. The van der Waals surface area contributed by atoms with Gasteiger partial charge in [0.1, 0.15) is 0 Å². The van der Waals surface area contributed by atoms with E-state index in [1.54, 1.807) is 24.3 Å². The normalized spacial score (nSPS) is 11.5. The lowest BCUT2D eigenvalue weighted by atomic mass is 10.0. The van der Waals surface area contributed by atoms with Crippen LogP contribution in [0.3, 0.4) is 0 Å². The number of aromatic amines is 1. The van der Waals surface area contributed by atoms with Gasteiger partial charge in [0.25, 0.3) is 5.92 Å². The fourth-order valence-corrected chi connectivity index (χ4v) is 2.23. The quantitative estimate of drug-likeness (QED) is 0.755. The van der Waals surface area contributed by atoms with Gasteiger partial charge in [0.15, 0.2) is 0 Å². The van der Waals surface area contributed by atoms with Crippen molar-refractivity contribution in [2.45, 2.75) is 12.3 Å². The molecule has 0 aliphatic carbocycles. The molecule has 0 atom stereocenters. The molecule has 0 amide bonds. The molecule has 3 rings (SSSR count). The maximum atomic E-state index is 14.2. The molecule has 0 radical (unpaired) electrons. The van der Waals surface area contributed by atoms with Gasteiger partial charge in [-0.1, -0.05) is 60.7 Å². The molecular formula is C17H14F2N2. The Morgan fingerprint density at radius 1 is 0.905 bits per heavy atom. The molecule has 0 spiro atoms. The lowest BCUT2D eigenvalue weighted by Crippen LogP contribution is -2.17. The summed E-state index contributed by atoms with van der Waals surface area (Å²) in [6, 6.07) is 19.0. The third-order valence-corrected chi connectivity index (χ3v) is 3.31. The molecule has 106 valence electrons. The molecule has 0 aliphatic heterocycles. The average molecular weight is 284 g/mol. The number of hydrogen-bond donors (Lipinski definition) is 1. The van der Waals surface area contributed by atoms with Crippen LogP contribution in [0.15, 0.2) is 66.7 Å². The van der Waals surface area contributed by atoms with Gasteiger partial charge < -0.3 is 0 Å². The molecule has 0 aliphatic rings. The highest BCUT2D eigenvalue weighted by Gasteiger charge is 2.32. The number of rotatable bonds is 4. The van der Waals surface area contributed by atoms with Crippen LogP contribution in [0.1, 0.15) is 11.3 Å². The minimum absolute atomic E-state index is 0.0147. The van der Waals surface area contributed by atoms with Crippen LogP contribution >= 0.6 is 0 Å². The number of aromatic nitrogens is 2. The van der Waals surface area contributed by atoms with Crippen molar-refractivity contribution in [1.29, 1.82) is 0 Å². The van der Waals surface area contributed by atoms with Gasteiger partial charge in [0.05, 0.1) is 12.1 Å². The van der Waals surface area contributed by atoms with E-state index in [1.807, 2.05) is 30.3 Å². The van der Waals surface area contributed by atoms with Gasteiger partial charge in [-0.05, 0) is 6.07 Å². The van der Waals surface area contributed by atoms with E-state index < -0.39 is 12.3 Å². The van der Waals surface area contributed by atoms with E-state index in [1.165, 1.54) is 12.1 Å². The lowest BCUT2D eigenvalue weighted by molar-refractivity contribution is -0.00478. The second-order valence-corrected chi connectivity index (χ2v) is 4.89. The van der Waals surface area contributed by atoms with Crippen molar-refractivity contribution in [2.24, 2.45) is 0 Å². The van der Waals surface area contributed by atoms with Gasteiger partial charge in [0.2, 0.25) is 0 Å². The van der Waals surface area contributed by atoms with E-state index in [0.717, 1.165) is 5.56 Å². The SMILES string of the molecule is FC(F)(Cc1cc(-c2ccccc2)n[nH]1)c1ccccc1. The zero-order valence-corrected chi connectivity index (χ0v) is 11.3. The summed E-state index contributed by atoms with van der Waals surface area (Å²) in [4.78, 5) is 0. The van der Waals surface area contributed by atoms with E-state index >= 15 is 0 Å². The average Bonchev–Trinajstić information content (AvgIpc) is 2.97. The van der Waals surface area contributed by atoms with Crippen molar-refractivity contribution in [3.05, 3.63) is 78.0 Å². The fourth-order valence-electron chi connectivity index (χ4n) is 2.23. The van der Waals surface area contributed by atoms with Crippen LogP contribution in [0.4, 0.5) is 8.78 Å². The highest BCUT2D eigenvalue weighted by molar-refractivity contribution is 5.58. The Bertz CT molecular complexity index is 706. The molecule has 0 saturated heterocycles. The number of alkyl halides is 2. The molecular weight excluding hydrogens is 270 g/mol. The third kappa shape index (κ3) is 2.99. The van der Waals surface area contributed by atoms with Gasteiger partial charge in [-0.25, -0.2) is 8.78 Å². The topological polar surface area (TPSA) is 28.7 Å². The number of nitrogens with one attached hydrogen (secondary N) is 1. The van der Waals surface area contributed by atoms with Crippen molar-refractivity contribution < 1.29 is 8.78 Å². The second-order valence-electron chi connectivity index (χ2n) is 4.89. The van der Waals surface area contributed by atoms with Gasteiger partial charge in [-0.2, -0.15) is 5.10 Å². The Balaban J connectivity index is 1.82. The molecule has 0 bridgehead atoms. The Morgan fingerprint density at radius 3 is 2.19 bits per heavy atom. The Morgan fingerprint density at radius 2 is 1.52 bits per heavy atom. The first-order chi connectivity index (χ1) is 10.1. The van der Waals surface area contributed by atoms with Crippen molar-refractivity contribution in [3.63, 3.8) is 0 Å². The molecule has 0 fully saturated rings. The molecule has 21 heavy (non-hydrogen) atoms. The largest absolute Gasteiger partial charge is 0.282 e. The molecule has 2 aromatic carbocycles. The maximum Gasteiger partial charge on any atom is 0.278 e. The Labute approximate surface area is 121 Å². The fraction of sp³-hybridized carbons (Fsp3) is 0.118. The predicted molar refractivity (Wildman–Crippen MR) is 78.1 cm³/mol. The summed E-state index contributed by atoms with van der Waals surface area (Å²) in [5.41, 5.74) is 2.01. The highest BCUT2D eigenvalue weighted by Crippen LogP contribution is 2.32. The van der Waals surface area contributed by atoms with Crippen molar-refractivity contribution in [1.82, 2.24) is 10.2 Å². The Hall–Kier alpha value is -2.49. The van der Waals surface area contributed by atoms with Gasteiger partial charge in [0, 0.05) is 16.8 Å². The molecule has 1 heterocycles. The van der Waals surface area contributed by atoms with E-state index in [9.17, 15) is 8.78 Å². The monoisotopic (exact) mass is 284 g/mol. The molecule has 2 nitrogen and oxygen atoms in total. The zero-order valence-electron chi connectivity index (χ0n) is 11.3. The van der Waals surface area contributed by atoms with Crippen molar-refractivity contribution >= 4 is 0 Å². The van der Waals surface area contributed by atoms with Crippen LogP contribution in [-0.2, 0) is 12.3 Å². The van der Waals surface area contributed by atoms with Crippen LogP contribution in [0.5, 0.6) is 0 Å². The van der Waals surface area contributed by atoms with E-state index in [-0.39, 0.29) is 5.56 Å². The number of H-pyrrole nitrogens is 1. The van der Waals surface area contributed by atoms with Gasteiger partial charge >= 0.3 is 0 Å². The summed E-state index contributed by atoms with van der Waals surface area (Å²) in [7, 11) is 0. The van der Waals surface area contributed by atoms with Crippen LogP contribution in [0, 0.1) is 0 Å². The number of benzene rings is 2. The van der Waals surface area contributed by atoms with Crippen LogP contribution in [0.25, 0.3) is 11.3 Å². The minimum Gasteiger partial charge on any atom is -0.282 e. The molecule has 0 unspecified atom stereocenters. The summed E-state index contributed by atoms with van der Waals surface area (Å²) in [5.74, 6) is -2.91. The first-order valence-electron chi connectivity index (χ1n) is 6.68. The molecule has 3 aromatic rings. The Kier molecular flexibility index (Phi) is 3.52. The molecule has 1 N–H and O–H groups in total. The summed E-state index contributed by atoms with van der Waals surface area (Å²) >= 11 is 0. The number of halogens is 2. The summed E-state index contributed by atoms with van der Waals surface area (Å²) in [6.45, 7) is 0. The van der Waals surface area contributed by atoms with E-state index in [0.29, 0.717) is 11.4 Å². The molecule has 0 saturated carbocycles. The van der Waals surface area contributed by atoms with Crippen molar-refractivity contribution in [3.8, 4) is 11.3 Å². The molecule has 1 aromatic heterocycles. The van der Waals surface area contributed by atoms with Crippen LogP contribution < -0.4 is 0 Å². The number of nitrogens with zero attached hydrogens (tertiary/aromatic N) is 1. The summed E-state index contributed by atoms with van der Waals surface area (Å²) in [5, 5.41) is 6.81. The first-order valence-corrected chi connectivity index (χ1v) is 6.68. The van der Waals surface area contributed by atoms with Gasteiger partial charge in [-0.3, -0.25) is 5.10 Å². The zero-order chi connectivity index (χ0) is 14.7. The maximum absolute atomic E-state index is 14.2. The standard InChI is InChI=1S/C17H14F2N2/c18-17(19,14-9-5-2-6-10-14)12-15-11-16(21-20-15)13-7-3-1-4-8-13/h1-11H,12H2,(H,20,21). The van der Waals surface area contributed by atoms with Crippen LogP contribution in [0.2, 0.25) is 0 Å². The van der Waals surface area contributed by atoms with Gasteiger partial charge in [-0.15, -0.1) is 0 Å². The summed E-state index contributed by atoms with van der Waals surface area (Å²) in [6.07, 6.45) is -0.392. The summed E-state index contributed by atoms with van der Waals surface area (Å²) < 4.78 is 28.4. The second kappa shape index (κ2) is 5.48. The van der Waals surface area contributed by atoms with Crippen molar-refractivity contribution in [2.75, 3.05) is 0 Å². The lowest BCUT2D eigenvalue weighted by Gasteiger charge is -2.15. The minimum atomic E-state index is -2.91. The predicted octanol–water partition coefficient (Wildman–Crippen LogP) is 4.41. The van der Waals surface area contributed by atoms with E-state index in [4.69, 9.17) is 0 Å². The highest BCUT2D eigenvalue weighted by atomic mass is 19.3. The smallest absolute Gasteiger partial charge is 0.278 e. The molecule has 4 heteroatoms.